The van der Waals surface area contributed by atoms with E-state index in [1.54, 1.807) is 0 Å². The number of carbonyl (C=O) groups excluding carboxylic acids is 2. The average molecular weight is 60.1 g/mol. The van der Waals surface area contributed by atoms with Crippen molar-refractivity contribution in [1.82, 2.24) is 0 Å². The van der Waals surface area contributed by atoms with Gasteiger partial charge in [-0.2, -0.15) is 0 Å². The molecule has 0 aromatic heterocycles. The van der Waals surface area contributed by atoms with Crippen molar-refractivity contribution in [3.05, 3.63) is 0 Å². The summed E-state index contributed by atoms with van der Waals surface area (Å²) in [6.07, 6.45) is 0. The smallest absolute Gasteiger partial charge is 0.106 e. The highest BCUT2D eigenvalue weighted by Crippen LogP contribution is 0.496. The summed E-state index contributed by atoms with van der Waals surface area (Å²) in [7, 11) is 0. The van der Waals surface area contributed by atoms with Gasteiger partial charge in [-0.1, -0.05) is 0 Å². The van der Waals surface area contributed by atoms with Gasteiger partial charge in [-0.3, -0.25) is 0 Å². The molecule has 0 rings (SSSR count). The first-order valence-corrected chi connectivity index (χ1v) is 0.577. The third kappa shape index (κ3) is 0.356. The summed E-state index contributed by atoms with van der Waals surface area (Å²) in [6.45, 7) is 4.00. The van der Waals surface area contributed by atoms with Gasteiger partial charge in [0.1, 0.15) is 13.6 Å². The van der Waals surface area contributed by atoms with Crippen molar-refractivity contribution < 1.29 is 9.59 Å². The maximum atomic E-state index is 8.00. The van der Waals surface area contributed by atoms with Gasteiger partial charge in [-0.05, 0) is 0 Å². The van der Waals surface area contributed by atoms with E-state index in [0.717, 1.165) is 0 Å². The molecule has 2 heteroatoms. The zero-order valence-electron chi connectivity index (χ0n) is 2.23. The maximum Gasteiger partial charge on any atom is 0.106 e. The monoisotopic (exact) mass is 60.0 g/mol. The molecule has 0 saturated carbocycles. The lowest BCUT2D eigenvalue weighted by Gasteiger charge is -0.837. The van der Waals surface area contributed by atoms with Crippen LogP contribution in [0.25, 0.3) is 0 Å². The molecule has 24 valence electrons. The van der Waals surface area contributed by atoms with E-state index in [2.05, 4.69) is 0 Å². The molecule has 0 aliphatic rings. The largest absolute Gasteiger partial charge is 0.307 e. The average Bonchev–Trinajstić information content (AvgIpc) is 1.50. The minimum Gasteiger partial charge on any atom is -0.307 e. The molecule has 0 bridgehead atoms. The van der Waals surface area contributed by atoms with Crippen molar-refractivity contribution >= 4 is 13.6 Å². The van der Waals surface area contributed by atoms with Crippen LogP contribution >= 0.6 is 0 Å². The molecule has 0 N–H and O–H groups in total. The predicted octanol–water partition coefficient (Wildman–Crippen LogP) is -0.370. The molecule has 0 aliphatic heterocycles. The molecule has 0 aromatic rings. The summed E-state index contributed by atoms with van der Waals surface area (Å²) < 4.78 is 0. The fourth-order valence-corrected chi connectivity index (χ4v) is 0. The molecule has 0 aliphatic carbocycles. The highest BCUT2D eigenvalue weighted by Gasteiger charge is 0.638. The van der Waals surface area contributed by atoms with Crippen LogP contribution < -0.4 is 0 Å². The number of rotatable bonds is 0. The first kappa shape index (κ1) is 10.2. The molecular formula is C2H4O2. The third-order valence-electron chi connectivity index (χ3n) is 0. The van der Waals surface area contributed by atoms with Gasteiger partial charge < -0.3 is 9.59 Å². The SMILES string of the molecule is C=O.C=O. The Hall–Kier alpha value is -0.660. The predicted molar refractivity (Wildman–Crippen MR) is 14.2 cm³/mol. The molecule has 0 unspecified atom stereocenters. The summed E-state index contributed by atoms with van der Waals surface area (Å²) in [5.74, 6) is 0. The molecule has 0 spiro atoms. The lowest BCUT2D eigenvalue weighted by atomic mass is 11.9. The van der Waals surface area contributed by atoms with Gasteiger partial charge >= 0.3 is 0 Å². The second kappa shape index (κ2) is 9.65. The van der Waals surface area contributed by atoms with Gasteiger partial charge in [0.2, 0.25) is 0 Å². The number of hydrogen-bond donors (Lipinski definition) is 0. The number of hydrogen-bond acceptors (Lipinski definition) is 2. The highest BCUT2D eigenvalue weighted by atomic mass is 16.1. The van der Waals surface area contributed by atoms with Crippen LogP contribution in [0.4, 0.5) is 0 Å². The standard InChI is InChI=1S/2CH2O/c2*1-2/h2*1H2. The first-order chi connectivity index (χ1) is 2.00. The van der Waals surface area contributed by atoms with Gasteiger partial charge in [0.05, 0.1) is 0 Å². The zero-order valence-corrected chi connectivity index (χ0v) is 2.23. The molecule has 0 aromatic carbocycles. The van der Waals surface area contributed by atoms with Crippen molar-refractivity contribution in [2.45, 2.75) is 0 Å². The molecule has 0 atom stereocenters. The van der Waals surface area contributed by atoms with E-state index >= 15 is 0 Å². The van der Waals surface area contributed by atoms with Crippen LogP contribution in [-0.2, 0) is 9.59 Å². The van der Waals surface area contributed by atoms with Gasteiger partial charge in [0.25, 0.3) is 0 Å². The molecule has 0 radical (unpaired) electrons. The van der Waals surface area contributed by atoms with Crippen molar-refractivity contribution in [3.63, 3.8) is 0 Å². The van der Waals surface area contributed by atoms with E-state index < -0.39 is 0 Å². The highest BCUT2D eigenvalue weighted by molar-refractivity contribution is 5.11. The van der Waals surface area contributed by atoms with Gasteiger partial charge in [-0.25, -0.2) is 0 Å². The Morgan fingerprint density at radius 2 is 0.750 bits per heavy atom. The fourth-order valence-electron chi connectivity index (χ4n) is 0. The molecule has 0 fully saturated rings. The van der Waals surface area contributed by atoms with Crippen LogP contribution in [0.1, 0.15) is 0 Å². The third-order valence-corrected chi connectivity index (χ3v) is 0. The van der Waals surface area contributed by atoms with Crippen molar-refractivity contribution in [1.29, 1.82) is 0 Å². The van der Waals surface area contributed by atoms with E-state index in [4.69, 9.17) is 9.59 Å². The molecule has 4 heavy (non-hydrogen) atoms. The van der Waals surface area contributed by atoms with Crippen LogP contribution in [-0.4, -0.2) is 13.6 Å². The summed E-state index contributed by atoms with van der Waals surface area (Å²) in [4.78, 5) is 16.0. The molecular weight excluding hydrogens is 56.0 g/mol. The topological polar surface area (TPSA) is 34.1 Å². The van der Waals surface area contributed by atoms with Crippen molar-refractivity contribution in [3.8, 4) is 0 Å². The fraction of sp³-hybridized carbons (Fsp3) is 0. The van der Waals surface area contributed by atoms with Crippen LogP contribution in [0.3, 0.4) is 0 Å². The summed E-state index contributed by atoms with van der Waals surface area (Å²) in [5, 5.41) is 0. The van der Waals surface area contributed by atoms with Crippen LogP contribution in [0.2, 0.25) is 0 Å². The lowest BCUT2D eigenvalue weighted by Crippen LogP contribution is -0.925. The molecule has 2 nitrogen and oxygen atoms in total. The second-order valence-corrected chi connectivity index (χ2v) is 0. The molecule has 0 heterocycles. The first-order valence-electron chi connectivity index (χ1n) is 0.577. The zero-order chi connectivity index (χ0) is 4.00. The minimum atomic E-state index is 2.00. The Morgan fingerprint density at radius 3 is 0.750 bits per heavy atom. The van der Waals surface area contributed by atoms with Crippen LogP contribution in [0, 0.1) is 0 Å². The van der Waals surface area contributed by atoms with Gasteiger partial charge in [-0.15, -0.1) is 0 Å². The van der Waals surface area contributed by atoms with E-state index in [-0.39, 0.29) is 0 Å². The Balaban J connectivity index is 0. The Bertz CT molecular complexity index is 6.00. The van der Waals surface area contributed by atoms with Crippen LogP contribution in [0.15, 0.2) is 0 Å². The maximum absolute atomic E-state index is 8.00. The quantitative estimate of drug-likeness (QED) is 0.382. The Morgan fingerprint density at radius 1 is 0.750 bits per heavy atom. The van der Waals surface area contributed by atoms with E-state index in [9.17, 15) is 0 Å². The summed E-state index contributed by atoms with van der Waals surface area (Å²) in [6, 6.07) is 0. The lowest BCUT2D eigenvalue weighted by molar-refractivity contribution is -0.0987. The minimum absolute atomic E-state index is 2.00. The second-order valence-electron chi connectivity index (χ2n) is 0. The molecule has 0 amide bonds. The molecule has 0 saturated heterocycles. The van der Waals surface area contributed by atoms with E-state index in [1.807, 2.05) is 13.6 Å². The van der Waals surface area contributed by atoms with E-state index in [0.29, 0.717) is 0 Å². The Kier molecular flexibility index (Phi) is 24.6. The van der Waals surface area contributed by atoms with E-state index in [1.165, 1.54) is 0 Å². The van der Waals surface area contributed by atoms with Gasteiger partial charge in [0.15, 0.2) is 0 Å². The van der Waals surface area contributed by atoms with Crippen LogP contribution in [0.5, 0.6) is 0 Å². The van der Waals surface area contributed by atoms with Gasteiger partial charge in [0, 0.05) is 0 Å². The summed E-state index contributed by atoms with van der Waals surface area (Å²) in [5.41, 5.74) is 0. The van der Waals surface area contributed by atoms with Crippen molar-refractivity contribution in [2.24, 2.45) is 0 Å². The van der Waals surface area contributed by atoms with Crippen molar-refractivity contribution in [2.75, 3.05) is 0 Å². The normalized spacial score (nSPS) is 2.00. The summed E-state index contributed by atoms with van der Waals surface area (Å²) >= 11 is 0. The number of carbonyl (C=O) groups is 2. The Labute approximate surface area is 24.4 Å².